The van der Waals surface area contributed by atoms with Gasteiger partial charge in [0.15, 0.2) is 0 Å². The summed E-state index contributed by atoms with van der Waals surface area (Å²) >= 11 is 1.17. The molecule has 4 rings (SSSR count). The Bertz CT molecular complexity index is 940. The Morgan fingerprint density at radius 2 is 1.63 bits per heavy atom. The fourth-order valence-corrected chi connectivity index (χ4v) is 7.22. The summed E-state index contributed by atoms with van der Waals surface area (Å²) in [7, 11) is -3.53. The summed E-state index contributed by atoms with van der Waals surface area (Å²) in [5.41, 5.74) is 1.83. The number of sulfonamides is 1. The highest BCUT2D eigenvalue weighted by Gasteiger charge is 2.31. The average molecular weight is 447 g/mol. The molecule has 0 saturated carbocycles. The van der Waals surface area contributed by atoms with Crippen LogP contribution in [0.1, 0.15) is 54.4 Å². The molecule has 1 amide bonds. The predicted octanol–water partition coefficient (Wildman–Crippen LogP) is 4.41. The summed E-state index contributed by atoms with van der Waals surface area (Å²) < 4.78 is 28.2. The molecule has 0 atom stereocenters. The van der Waals surface area contributed by atoms with Crippen molar-refractivity contribution in [2.45, 2.75) is 49.2 Å². The molecule has 162 valence electrons. The Kier molecular flexibility index (Phi) is 6.91. The number of carbonyl (C=O) groups excluding carboxylic acids is 1. The van der Waals surface area contributed by atoms with E-state index in [0.717, 1.165) is 58.0 Å². The Morgan fingerprint density at radius 3 is 2.30 bits per heavy atom. The van der Waals surface area contributed by atoms with Crippen LogP contribution in [0.3, 0.4) is 0 Å². The van der Waals surface area contributed by atoms with Gasteiger partial charge in [0.2, 0.25) is 0 Å². The minimum Gasteiger partial charge on any atom is -0.339 e. The quantitative estimate of drug-likeness (QED) is 0.684. The van der Waals surface area contributed by atoms with Crippen molar-refractivity contribution in [3.8, 4) is 0 Å². The van der Waals surface area contributed by atoms with Crippen molar-refractivity contribution in [2.75, 3.05) is 26.2 Å². The molecule has 1 aromatic carbocycles. The second kappa shape index (κ2) is 9.62. The summed E-state index contributed by atoms with van der Waals surface area (Å²) in [5.74, 6) is 0.485. The van der Waals surface area contributed by atoms with Crippen molar-refractivity contribution in [3.63, 3.8) is 0 Å². The van der Waals surface area contributed by atoms with E-state index in [1.165, 1.54) is 16.9 Å². The first kappa shape index (κ1) is 21.5. The molecule has 7 heteroatoms. The fraction of sp³-hybridized carbons (Fsp3) is 0.522. The second-order valence-electron chi connectivity index (χ2n) is 8.40. The smallest absolute Gasteiger partial charge is 0.254 e. The van der Waals surface area contributed by atoms with Gasteiger partial charge in [-0.25, -0.2) is 8.42 Å². The normalized spacial score (nSPS) is 19.5. The topological polar surface area (TPSA) is 57.7 Å². The van der Waals surface area contributed by atoms with Crippen LogP contribution in [-0.2, 0) is 16.4 Å². The van der Waals surface area contributed by atoms with E-state index in [1.807, 2.05) is 11.0 Å². The first-order chi connectivity index (χ1) is 14.5. The van der Waals surface area contributed by atoms with Gasteiger partial charge in [-0.05, 0) is 49.7 Å². The fourth-order valence-electron chi connectivity index (χ4n) is 4.45. The van der Waals surface area contributed by atoms with E-state index in [2.05, 4.69) is 24.3 Å². The molecule has 2 aromatic rings. The van der Waals surface area contributed by atoms with Crippen molar-refractivity contribution < 1.29 is 13.2 Å². The number of likely N-dealkylation sites (tertiary alicyclic amines) is 1. The van der Waals surface area contributed by atoms with Crippen molar-refractivity contribution >= 4 is 27.3 Å². The van der Waals surface area contributed by atoms with Gasteiger partial charge in [-0.2, -0.15) is 4.31 Å². The third-order valence-electron chi connectivity index (χ3n) is 6.25. The summed E-state index contributed by atoms with van der Waals surface area (Å²) in [5, 5.41) is 1.71. The van der Waals surface area contributed by atoms with Crippen molar-refractivity contribution in [1.82, 2.24) is 9.21 Å². The van der Waals surface area contributed by atoms with Gasteiger partial charge in [-0.15, -0.1) is 11.3 Å². The third-order valence-corrected chi connectivity index (χ3v) is 9.56. The average Bonchev–Trinajstić information content (AvgIpc) is 3.11. The van der Waals surface area contributed by atoms with Crippen LogP contribution in [0.5, 0.6) is 0 Å². The first-order valence-corrected chi connectivity index (χ1v) is 13.3. The lowest BCUT2D eigenvalue weighted by atomic mass is 9.91. The highest BCUT2D eigenvalue weighted by atomic mass is 32.2. The molecule has 0 bridgehead atoms. The summed E-state index contributed by atoms with van der Waals surface area (Å²) in [6, 6.07) is 12.0. The largest absolute Gasteiger partial charge is 0.339 e. The Balaban J connectivity index is 1.38. The van der Waals surface area contributed by atoms with Crippen LogP contribution in [0.2, 0.25) is 0 Å². The predicted molar refractivity (Wildman–Crippen MR) is 120 cm³/mol. The van der Waals surface area contributed by atoms with Gasteiger partial charge < -0.3 is 4.90 Å². The Hall–Kier alpha value is -1.70. The second-order valence-corrected chi connectivity index (χ2v) is 11.5. The number of hydrogen-bond acceptors (Lipinski definition) is 4. The van der Waals surface area contributed by atoms with Gasteiger partial charge >= 0.3 is 0 Å². The summed E-state index contributed by atoms with van der Waals surface area (Å²) in [6.45, 7) is 2.64. The molecule has 0 N–H and O–H groups in total. The number of amides is 1. The maximum absolute atomic E-state index is 13.1. The molecule has 30 heavy (non-hydrogen) atoms. The lowest BCUT2D eigenvalue weighted by Gasteiger charge is -2.30. The van der Waals surface area contributed by atoms with Crippen LogP contribution >= 0.6 is 11.3 Å². The summed E-state index contributed by atoms with van der Waals surface area (Å²) in [4.78, 5) is 14.7. The van der Waals surface area contributed by atoms with Crippen molar-refractivity contribution in [1.29, 1.82) is 0 Å². The van der Waals surface area contributed by atoms with Gasteiger partial charge in [0.05, 0.1) is 5.56 Å². The van der Waals surface area contributed by atoms with E-state index in [0.29, 0.717) is 28.8 Å². The van der Waals surface area contributed by atoms with E-state index < -0.39 is 10.0 Å². The zero-order valence-electron chi connectivity index (χ0n) is 17.3. The van der Waals surface area contributed by atoms with E-state index >= 15 is 0 Å². The van der Waals surface area contributed by atoms with Crippen LogP contribution in [-0.4, -0.2) is 49.7 Å². The van der Waals surface area contributed by atoms with Crippen LogP contribution < -0.4 is 0 Å². The van der Waals surface area contributed by atoms with Crippen LogP contribution in [0, 0.1) is 5.92 Å². The number of piperidine rings is 1. The van der Waals surface area contributed by atoms with E-state index in [-0.39, 0.29) is 5.91 Å². The molecule has 0 aliphatic carbocycles. The molecule has 2 fully saturated rings. The molecule has 0 spiro atoms. The zero-order chi connectivity index (χ0) is 21.0. The number of rotatable bonds is 5. The van der Waals surface area contributed by atoms with Gasteiger partial charge in [-0.1, -0.05) is 43.2 Å². The van der Waals surface area contributed by atoms with Crippen LogP contribution in [0.25, 0.3) is 0 Å². The molecule has 0 unspecified atom stereocenters. The van der Waals surface area contributed by atoms with Crippen molar-refractivity contribution in [2.24, 2.45) is 5.92 Å². The van der Waals surface area contributed by atoms with Gasteiger partial charge in [0.25, 0.3) is 15.9 Å². The van der Waals surface area contributed by atoms with E-state index in [9.17, 15) is 13.2 Å². The van der Waals surface area contributed by atoms with Gasteiger partial charge in [0, 0.05) is 31.6 Å². The van der Waals surface area contributed by atoms with Crippen LogP contribution in [0.4, 0.5) is 0 Å². The minimum atomic E-state index is -3.53. The SMILES string of the molecule is O=C(c1csc(S(=O)(=O)N2CCC(Cc3ccccc3)CC2)c1)N1CCCCCC1. The van der Waals surface area contributed by atoms with Crippen LogP contribution in [0.15, 0.2) is 46.0 Å². The molecular formula is C23H30N2O3S2. The Labute approximate surface area is 183 Å². The van der Waals surface area contributed by atoms with Gasteiger partial charge in [0.1, 0.15) is 4.21 Å². The molecule has 2 aliphatic rings. The first-order valence-electron chi connectivity index (χ1n) is 11.0. The molecule has 2 saturated heterocycles. The number of nitrogens with zero attached hydrogens (tertiary/aromatic N) is 2. The highest BCUT2D eigenvalue weighted by molar-refractivity contribution is 7.91. The number of benzene rings is 1. The molecule has 3 heterocycles. The summed E-state index contributed by atoms with van der Waals surface area (Å²) in [6.07, 6.45) is 7.12. The zero-order valence-corrected chi connectivity index (χ0v) is 19.0. The highest BCUT2D eigenvalue weighted by Crippen LogP contribution is 2.30. The van der Waals surface area contributed by atoms with Gasteiger partial charge in [-0.3, -0.25) is 4.79 Å². The lowest BCUT2D eigenvalue weighted by molar-refractivity contribution is 0.0762. The maximum Gasteiger partial charge on any atom is 0.254 e. The molecule has 5 nitrogen and oxygen atoms in total. The monoisotopic (exact) mass is 446 g/mol. The molecule has 2 aliphatic heterocycles. The number of carbonyl (C=O) groups is 1. The number of thiophene rings is 1. The molecular weight excluding hydrogens is 416 g/mol. The van der Waals surface area contributed by atoms with E-state index in [1.54, 1.807) is 15.8 Å². The van der Waals surface area contributed by atoms with E-state index in [4.69, 9.17) is 0 Å². The lowest BCUT2D eigenvalue weighted by Crippen LogP contribution is -2.38. The molecule has 1 aromatic heterocycles. The number of hydrogen-bond donors (Lipinski definition) is 0. The standard InChI is InChI=1S/C23H30N2O3S2/c26-23(24-12-6-1-2-7-13-24)21-17-22(29-18-21)30(27,28)25-14-10-20(11-15-25)16-19-8-4-3-5-9-19/h3-5,8-9,17-18,20H,1-2,6-7,10-16H2. The maximum atomic E-state index is 13.1. The molecule has 0 radical (unpaired) electrons. The van der Waals surface area contributed by atoms with Crippen molar-refractivity contribution in [3.05, 3.63) is 52.9 Å². The minimum absolute atomic E-state index is 0.0313. The third kappa shape index (κ3) is 4.95. The Morgan fingerprint density at radius 1 is 0.967 bits per heavy atom.